The van der Waals surface area contributed by atoms with Crippen LogP contribution >= 0.6 is 34.7 Å². The molecule has 1 aliphatic carbocycles. The summed E-state index contributed by atoms with van der Waals surface area (Å²) in [5.74, 6) is -2.02. The number of unbranched alkanes of at least 4 members (excludes halogenated alkanes) is 2. The fourth-order valence-electron chi connectivity index (χ4n) is 15.4. The van der Waals surface area contributed by atoms with Crippen molar-refractivity contribution >= 4 is 101 Å². The highest BCUT2D eigenvalue weighted by Crippen LogP contribution is 2.44. The predicted octanol–water partition coefficient (Wildman–Crippen LogP) is 12.9. The van der Waals surface area contributed by atoms with E-state index in [1.54, 1.807) is 29.0 Å². The average molecular weight is 1570 g/mol. The molecule has 11 rings (SSSR count). The molecule has 4 fully saturated rings. The van der Waals surface area contributed by atoms with Gasteiger partial charge in [-0.1, -0.05) is 113 Å². The molecule has 576 valence electrons. The summed E-state index contributed by atoms with van der Waals surface area (Å²) in [6.45, 7) is 19.2. The lowest BCUT2D eigenvalue weighted by atomic mass is 9.73. The molecule has 5 heterocycles. The second kappa shape index (κ2) is 34.3. The molecule has 0 saturated carbocycles. The fraction of sp³-hybridized carbons (Fsp3) is 0.494. The number of sulfonamides is 1. The lowest BCUT2D eigenvalue weighted by molar-refractivity contribution is -0.144. The topological polar surface area (TPSA) is 251 Å². The number of β-amino-alcohol motifs (C(OH)–C–C–N with tert-alkyl or cyclic N) is 1. The standard InChI is InChI=1S/C79H98ClF3N10O10S4/c1-51(53-18-20-55(21-19-53)72-52(2)84-50-105-72)85-75(98)68-42-63(94)48-92(68)76(99)73(77(3,4)5)87-70(95)16-12-9-13-17-71(96)93-61-30-31-62(93)47-90(46-61)37-35-59(49-104-64-14-10-8-11-15-64)86-67-33-32-65(43-69(67)106(100,101)79(81,82)83)107(102,103)88-74(97)56-24-28-60(29-25-56)91-40-38-89(39-41-91)45-57-44-78(6,7)36-34-66(57)54-22-26-58(80)27-23-54/h8,10-11,14-15,18-29,32-33,43,50-51,59,61-63,68,73,86,94H,9,12-13,16-17,30-31,34-42,44-49H2,1-7H3,(H,85,98)(H,87,95)(H,88,97)/t51-,59+,61?,62?,63+,68-,73+/m0/s1. The summed E-state index contributed by atoms with van der Waals surface area (Å²) >= 11 is 9.19. The van der Waals surface area contributed by atoms with E-state index >= 15 is 0 Å². The van der Waals surface area contributed by atoms with Gasteiger partial charge in [0.05, 0.1) is 38.8 Å². The highest BCUT2D eigenvalue weighted by atomic mass is 35.5. The molecule has 5 aliphatic rings. The molecular formula is C79H98ClF3N10O10S4. The first-order valence-electron chi connectivity index (χ1n) is 36.8. The number of piperazine rings is 2. The van der Waals surface area contributed by atoms with Crippen LogP contribution in [0.2, 0.25) is 5.02 Å². The molecule has 20 nitrogen and oxygen atoms in total. The number of halogens is 4. The van der Waals surface area contributed by atoms with Crippen LogP contribution in [-0.4, -0.2) is 183 Å². The minimum atomic E-state index is -6.19. The third kappa shape index (κ3) is 20.2. The molecule has 107 heavy (non-hydrogen) atoms. The maximum Gasteiger partial charge on any atom is 0.501 e. The number of fused-ring (bicyclic) bond motifs is 2. The Balaban J connectivity index is 0.661. The lowest BCUT2D eigenvalue weighted by Gasteiger charge is -2.41. The number of rotatable bonds is 28. The minimum absolute atomic E-state index is 0.00433. The zero-order valence-electron chi connectivity index (χ0n) is 61.7. The summed E-state index contributed by atoms with van der Waals surface area (Å²) in [7, 11) is -11.1. The molecule has 28 heteroatoms. The smallest absolute Gasteiger partial charge is 0.391 e. The van der Waals surface area contributed by atoms with Gasteiger partial charge in [0, 0.05) is 123 Å². The molecule has 5 amide bonds. The second-order valence-corrected chi connectivity index (χ2v) is 36.9. The van der Waals surface area contributed by atoms with E-state index in [1.807, 2.05) is 111 Å². The lowest BCUT2D eigenvalue weighted by Crippen LogP contribution is -2.57. The van der Waals surface area contributed by atoms with Crippen molar-refractivity contribution in [2.75, 3.05) is 74.9 Å². The van der Waals surface area contributed by atoms with Crippen molar-refractivity contribution in [2.45, 2.75) is 188 Å². The Hall–Kier alpha value is -7.37. The number of nitrogens with one attached hydrogen (secondary N) is 4. The van der Waals surface area contributed by atoms with Gasteiger partial charge in [-0.05, 0) is 165 Å². The zero-order valence-corrected chi connectivity index (χ0v) is 65.7. The number of alkyl halides is 3. The summed E-state index contributed by atoms with van der Waals surface area (Å²) < 4.78 is 101. The molecule has 4 aliphatic heterocycles. The number of hydrogen-bond donors (Lipinski definition) is 5. The van der Waals surface area contributed by atoms with E-state index in [0.717, 1.165) is 96.2 Å². The number of nitrogens with zero attached hydrogens (tertiary/aromatic N) is 6. The van der Waals surface area contributed by atoms with Crippen LogP contribution in [0.1, 0.15) is 152 Å². The number of likely N-dealkylation sites (tertiary alicyclic amines) is 2. The SMILES string of the molecule is Cc1ncsc1-c1ccc([C@H](C)NC(=O)[C@@H]2C[C@@H](O)CN2C(=O)[C@@H](NC(=O)CCCCCC(=O)N2C3CCC2CN(CC[C@H](CSc2ccccc2)Nc2ccc(S(=O)(=O)NC(=O)c4ccc(N5CCN(CC6=C(c7ccc(Cl)cc7)CCC(C)(C)C6)CC5)cc4)cc2S(=O)(=O)C(F)(F)F)C3)C(C)(C)C)cc1. The van der Waals surface area contributed by atoms with Crippen molar-refractivity contribution in [3.63, 3.8) is 0 Å². The second-order valence-electron chi connectivity index (χ2n) is 30.9. The van der Waals surface area contributed by atoms with Gasteiger partial charge in [-0.25, -0.2) is 26.5 Å². The number of thioether (sulfide) groups is 1. The number of amides is 5. The largest absolute Gasteiger partial charge is 0.501 e. The van der Waals surface area contributed by atoms with Gasteiger partial charge in [-0.3, -0.25) is 33.8 Å². The monoisotopic (exact) mass is 1570 g/mol. The number of anilines is 2. The Labute approximate surface area is 640 Å². The molecule has 0 radical (unpaired) electrons. The van der Waals surface area contributed by atoms with Crippen LogP contribution in [0.3, 0.4) is 0 Å². The number of hydrogen-bond acceptors (Lipinski definition) is 17. The van der Waals surface area contributed by atoms with Crippen LogP contribution in [0.5, 0.6) is 0 Å². The van der Waals surface area contributed by atoms with Crippen molar-refractivity contribution < 1.29 is 59.1 Å². The Morgan fingerprint density at radius 1 is 0.794 bits per heavy atom. The Morgan fingerprint density at radius 3 is 2.10 bits per heavy atom. The number of aliphatic hydroxyl groups is 1. The van der Waals surface area contributed by atoms with E-state index < -0.39 is 94.3 Å². The molecule has 6 aromatic rings. The molecule has 0 spiro atoms. The third-order valence-corrected chi connectivity index (χ3v) is 26.5. The maximum atomic E-state index is 14.7. The van der Waals surface area contributed by atoms with Gasteiger partial charge in [0.15, 0.2) is 0 Å². The number of thiazole rings is 1. The number of carbonyl (C=O) groups excluding carboxylic acids is 5. The van der Waals surface area contributed by atoms with Gasteiger partial charge in [0.25, 0.3) is 25.8 Å². The van der Waals surface area contributed by atoms with E-state index in [4.69, 9.17) is 11.6 Å². The fourth-order valence-corrected chi connectivity index (χ4v) is 19.3. The van der Waals surface area contributed by atoms with E-state index in [2.05, 4.69) is 61.6 Å². The van der Waals surface area contributed by atoms with Crippen LogP contribution in [0.25, 0.3) is 16.0 Å². The van der Waals surface area contributed by atoms with Crippen molar-refractivity contribution in [3.05, 3.63) is 160 Å². The van der Waals surface area contributed by atoms with Crippen molar-refractivity contribution in [2.24, 2.45) is 10.8 Å². The van der Waals surface area contributed by atoms with Crippen LogP contribution < -0.4 is 25.6 Å². The summed E-state index contributed by atoms with van der Waals surface area (Å²) in [5.41, 5.74) is 2.53. The number of sulfone groups is 1. The number of benzene rings is 5. The first-order valence-corrected chi connectivity index (χ1v) is 42.0. The van der Waals surface area contributed by atoms with E-state index in [1.165, 1.54) is 45.5 Å². The maximum absolute atomic E-state index is 14.7. The number of aryl methyl sites for hydroxylation is 1. The molecule has 5 aromatic carbocycles. The molecule has 7 atom stereocenters. The van der Waals surface area contributed by atoms with Gasteiger partial charge in [0.2, 0.25) is 23.6 Å². The van der Waals surface area contributed by atoms with Crippen LogP contribution in [0.15, 0.2) is 147 Å². The van der Waals surface area contributed by atoms with Crippen molar-refractivity contribution in [1.82, 2.24) is 39.9 Å². The average Bonchev–Trinajstić information content (AvgIpc) is 1.33. The van der Waals surface area contributed by atoms with Gasteiger partial charge in [-0.15, -0.1) is 23.1 Å². The highest BCUT2D eigenvalue weighted by Gasteiger charge is 2.50. The Kier molecular flexibility index (Phi) is 25.8. The normalized spacial score (nSPS) is 20.4. The van der Waals surface area contributed by atoms with Gasteiger partial charge in [0.1, 0.15) is 17.0 Å². The highest BCUT2D eigenvalue weighted by molar-refractivity contribution is 7.99. The molecule has 4 saturated heterocycles. The Bertz CT molecular complexity index is 4410. The van der Waals surface area contributed by atoms with Crippen LogP contribution in [-0.2, 0) is 39.0 Å². The zero-order chi connectivity index (χ0) is 76.8. The summed E-state index contributed by atoms with van der Waals surface area (Å²) in [5, 5.41) is 20.5. The molecule has 2 unspecified atom stereocenters. The minimum Gasteiger partial charge on any atom is -0.391 e. The van der Waals surface area contributed by atoms with Gasteiger partial charge >= 0.3 is 5.51 Å². The van der Waals surface area contributed by atoms with Crippen LogP contribution in [0.4, 0.5) is 24.5 Å². The van der Waals surface area contributed by atoms with Gasteiger partial charge < -0.3 is 35.8 Å². The molecular weight excluding hydrogens is 1470 g/mol. The quantitative estimate of drug-likeness (QED) is 0.0226. The molecule has 5 N–H and O–H groups in total. The number of aromatic nitrogens is 1. The first kappa shape index (κ1) is 80.6. The third-order valence-electron chi connectivity index (χ3n) is 21.3. The van der Waals surface area contributed by atoms with E-state index in [0.29, 0.717) is 69.5 Å². The van der Waals surface area contributed by atoms with Crippen molar-refractivity contribution in [3.8, 4) is 10.4 Å². The van der Waals surface area contributed by atoms with E-state index in [9.17, 15) is 59.1 Å². The summed E-state index contributed by atoms with van der Waals surface area (Å²) in [4.78, 5) is 83.6. The Morgan fingerprint density at radius 2 is 1.46 bits per heavy atom. The number of allylic oxidation sites excluding steroid dienone is 1. The van der Waals surface area contributed by atoms with E-state index in [-0.39, 0.29) is 66.4 Å². The predicted molar refractivity (Wildman–Crippen MR) is 414 cm³/mol. The summed E-state index contributed by atoms with van der Waals surface area (Å²) in [6.07, 6.45) is 5.93. The van der Waals surface area contributed by atoms with Gasteiger partial charge in [-0.2, -0.15) is 13.2 Å². The molecule has 2 bridgehead atoms. The van der Waals surface area contributed by atoms with Crippen LogP contribution in [0, 0.1) is 17.8 Å². The number of carbonyl (C=O) groups is 5. The first-order chi connectivity index (χ1) is 50.7. The summed E-state index contributed by atoms with van der Waals surface area (Å²) in [6, 6.07) is 30.7. The number of aliphatic hydroxyl groups excluding tert-OH is 1. The van der Waals surface area contributed by atoms with Crippen molar-refractivity contribution in [1.29, 1.82) is 0 Å². The molecule has 1 aromatic heterocycles.